The van der Waals surface area contributed by atoms with E-state index in [1.807, 2.05) is 13.0 Å². The number of nitrogens with one attached hydrogen (secondary N) is 5. The Morgan fingerprint density at radius 1 is 0.986 bits per heavy atom. The fraction of sp³-hybridized carbons (Fsp3) is 0.500. The molecule has 19 nitrogen and oxygen atoms in total. The molecule has 1 aliphatic carbocycles. The second-order valence-corrected chi connectivity index (χ2v) is 20.0. The zero-order valence-corrected chi connectivity index (χ0v) is 39.5. The number of hydrogen-bond donors (Lipinski definition) is 8. The van der Waals surface area contributed by atoms with Crippen LogP contribution in [0.4, 0.5) is 8.78 Å². The van der Waals surface area contributed by atoms with E-state index in [9.17, 15) is 61.5 Å². The van der Waals surface area contributed by atoms with Crippen LogP contribution in [-0.2, 0) is 45.5 Å². The zero-order valence-electron chi connectivity index (χ0n) is 38.6. The Morgan fingerprint density at radius 3 is 2.49 bits per heavy atom. The number of alkyl halides is 2. The normalized spacial score (nSPS) is 20.4. The molecule has 2 saturated heterocycles. The van der Waals surface area contributed by atoms with Crippen LogP contribution < -0.4 is 27.0 Å². The van der Waals surface area contributed by atoms with Crippen molar-refractivity contribution >= 4 is 65.8 Å². The summed E-state index contributed by atoms with van der Waals surface area (Å²) in [4.78, 5) is 128. The monoisotopic (exact) mass is 990 g/mol. The van der Waals surface area contributed by atoms with Gasteiger partial charge in [-0.1, -0.05) is 56.6 Å². The van der Waals surface area contributed by atoms with Gasteiger partial charge in [0.2, 0.25) is 35.4 Å². The highest BCUT2D eigenvalue weighted by atomic mass is 31.2. The quantitative estimate of drug-likeness (QED) is 0.0332. The van der Waals surface area contributed by atoms with E-state index in [4.69, 9.17) is 5.73 Å². The van der Waals surface area contributed by atoms with E-state index in [2.05, 4.69) is 38.1 Å². The largest absolute Gasteiger partial charge is 0.399 e. The summed E-state index contributed by atoms with van der Waals surface area (Å²) >= 11 is 0. The SMILES string of the molecule is CCCC[C@H](NC(=O)c1cc2cc(C(F)(F)P(=O)(O)O)ccc2[nH]1)C(=O)N1C[C@H]2C[C@H]2[C@H]1C(=O)N[C@@H](CCC(N)=O)C(=O)NCCCCCCC#Cc1cccc2c1CN(C1CCC(=O)NC1=O)C2=O. The molecule has 70 heavy (non-hydrogen) atoms. The van der Waals surface area contributed by atoms with E-state index in [0.29, 0.717) is 43.2 Å². The first-order valence-corrected chi connectivity index (χ1v) is 25.2. The number of piperidine rings is 2. The van der Waals surface area contributed by atoms with Gasteiger partial charge in [0.05, 0.1) is 0 Å². The maximum atomic E-state index is 14.4. The van der Waals surface area contributed by atoms with Crippen molar-refractivity contribution in [1.82, 2.24) is 36.1 Å². The number of aromatic nitrogens is 1. The number of carbonyl (C=O) groups is 8. The van der Waals surface area contributed by atoms with Crippen LogP contribution in [0.25, 0.3) is 10.9 Å². The highest BCUT2D eigenvalue weighted by Gasteiger charge is 2.58. The van der Waals surface area contributed by atoms with Crippen molar-refractivity contribution in [2.45, 2.75) is 127 Å². The van der Waals surface area contributed by atoms with E-state index in [0.717, 1.165) is 43.0 Å². The highest BCUT2D eigenvalue weighted by Crippen LogP contribution is 2.59. The second kappa shape index (κ2) is 21.7. The topological polar surface area (TPSA) is 290 Å². The van der Waals surface area contributed by atoms with Crippen LogP contribution in [0.1, 0.15) is 128 Å². The van der Waals surface area contributed by atoms with Gasteiger partial charge in [-0.25, -0.2) is 0 Å². The molecule has 1 saturated carbocycles. The lowest BCUT2D eigenvalue weighted by Crippen LogP contribution is -2.57. The Balaban J connectivity index is 0.897. The second-order valence-electron chi connectivity index (χ2n) is 18.4. The van der Waals surface area contributed by atoms with Crippen LogP contribution >= 0.6 is 7.60 Å². The summed E-state index contributed by atoms with van der Waals surface area (Å²) in [5.74, 6) is 2.06. The molecule has 7 rings (SSSR count). The Labute approximate surface area is 401 Å². The molecule has 8 amide bonds. The fourth-order valence-electron chi connectivity index (χ4n) is 9.44. The lowest BCUT2D eigenvalue weighted by Gasteiger charge is -2.31. The summed E-state index contributed by atoms with van der Waals surface area (Å²) in [6.45, 7) is 2.66. The van der Waals surface area contributed by atoms with Gasteiger partial charge in [0.15, 0.2) is 0 Å². The van der Waals surface area contributed by atoms with Crippen molar-refractivity contribution in [3.05, 3.63) is 70.4 Å². The van der Waals surface area contributed by atoms with E-state index in [1.165, 1.54) is 15.9 Å². The van der Waals surface area contributed by atoms with E-state index >= 15 is 0 Å². The fourth-order valence-corrected chi connectivity index (χ4v) is 9.92. The number of fused-ring (bicyclic) bond motifs is 3. The molecule has 0 radical (unpaired) electrons. The Morgan fingerprint density at radius 2 is 1.76 bits per heavy atom. The molecule has 3 aliphatic heterocycles. The number of amides is 8. The van der Waals surface area contributed by atoms with Gasteiger partial charge >= 0.3 is 13.3 Å². The van der Waals surface area contributed by atoms with Crippen LogP contribution in [0.2, 0.25) is 0 Å². The molecule has 1 unspecified atom stereocenters. The molecule has 1 aromatic heterocycles. The van der Waals surface area contributed by atoms with Crippen LogP contribution in [0.5, 0.6) is 0 Å². The number of nitrogens with two attached hydrogens (primary N) is 1. The molecule has 0 spiro atoms. The first-order chi connectivity index (χ1) is 33.3. The number of rotatable bonds is 21. The van der Waals surface area contributed by atoms with Crippen molar-refractivity contribution in [3.8, 4) is 11.8 Å². The lowest BCUT2D eigenvalue weighted by atomic mass is 10.0. The standard InChI is InChI=1S/C48H57F2N8O11P/c1-2-3-14-36(55-43(62)37-24-28-22-30(15-16-34(28)53-37)48(49,50)70(67,68)69)47(66)58-25-29-23-32(29)41(58)45(64)54-35(17-19-39(51)59)42(61)52-21-9-7-5-4-6-8-11-27-12-10-13-31-33(27)26-57(46(31)65)38-18-20-40(60)56-44(38)63/h10,12-13,15-16,22,24,29,32,35-36,38,41,53H,2-7,9,14,17-21,23,25-26H2,1H3,(H2,51,59)(H,52,61)(H,54,64)(H,55,62)(H,56,60,63)(H2,67,68,69)/t29-,32-,35+,36+,38?,41+/m1/s1. The van der Waals surface area contributed by atoms with Gasteiger partial charge < -0.3 is 46.3 Å². The Kier molecular flexibility index (Phi) is 15.9. The first kappa shape index (κ1) is 51.4. The summed E-state index contributed by atoms with van der Waals surface area (Å²) < 4.78 is 40.3. The van der Waals surface area contributed by atoms with Crippen molar-refractivity contribution in [3.63, 3.8) is 0 Å². The summed E-state index contributed by atoms with van der Waals surface area (Å²) in [5.41, 5.74) is 2.10. The van der Waals surface area contributed by atoms with Crippen molar-refractivity contribution in [2.24, 2.45) is 17.6 Å². The lowest BCUT2D eigenvalue weighted by molar-refractivity contribution is -0.142. The van der Waals surface area contributed by atoms with E-state index < -0.39 is 78.4 Å². The molecule has 6 atom stereocenters. The summed E-state index contributed by atoms with van der Waals surface area (Å²) in [5, 5.41) is 10.7. The predicted octanol–water partition coefficient (Wildman–Crippen LogP) is 3.16. The smallest absolute Gasteiger partial charge is 0.370 e. The highest BCUT2D eigenvalue weighted by molar-refractivity contribution is 7.52. The van der Waals surface area contributed by atoms with Crippen molar-refractivity contribution in [1.29, 1.82) is 0 Å². The van der Waals surface area contributed by atoms with Crippen LogP contribution in [0, 0.1) is 23.7 Å². The van der Waals surface area contributed by atoms with Gasteiger partial charge in [0.25, 0.3) is 11.8 Å². The number of imide groups is 1. The summed E-state index contributed by atoms with van der Waals surface area (Å²) in [6.07, 6.45) is 5.79. The molecule has 374 valence electrons. The number of likely N-dealkylation sites (tertiary alicyclic amines) is 1. The molecular weight excluding hydrogens is 934 g/mol. The number of H-pyrrole nitrogens is 1. The minimum absolute atomic E-state index is 0.0304. The average molecular weight is 991 g/mol. The van der Waals surface area contributed by atoms with Gasteiger partial charge in [-0.15, -0.1) is 0 Å². The van der Waals surface area contributed by atoms with Crippen LogP contribution in [-0.4, -0.2) is 109 Å². The minimum atomic E-state index is -5.84. The molecule has 0 bridgehead atoms. The predicted molar refractivity (Wildman–Crippen MR) is 248 cm³/mol. The summed E-state index contributed by atoms with van der Waals surface area (Å²) in [6, 6.07) is 5.51. The maximum absolute atomic E-state index is 14.4. The van der Waals surface area contributed by atoms with Crippen molar-refractivity contribution < 1.29 is 61.5 Å². The van der Waals surface area contributed by atoms with Gasteiger partial charge in [-0.3, -0.25) is 48.2 Å². The number of aromatic amines is 1. The number of hydrogen-bond acceptors (Lipinski definition) is 9. The number of primary amides is 1. The van der Waals surface area contributed by atoms with Gasteiger partial charge in [0, 0.05) is 66.5 Å². The molecule has 22 heteroatoms. The third-order valence-corrected chi connectivity index (χ3v) is 14.4. The molecule has 9 N–H and O–H groups in total. The zero-order chi connectivity index (χ0) is 50.5. The van der Waals surface area contributed by atoms with E-state index in [-0.39, 0.29) is 92.0 Å². The molecule has 3 fully saturated rings. The first-order valence-electron chi connectivity index (χ1n) is 23.6. The Bertz CT molecular complexity index is 2690. The molecule has 4 heterocycles. The van der Waals surface area contributed by atoms with Crippen molar-refractivity contribution in [2.75, 3.05) is 13.1 Å². The third kappa shape index (κ3) is 11.6. The molecular formula is C48H57F2N8O11P. The number of carbonyl (C=O) groups excluding carboxylic acids is 8. The maximum Gasteiger partial charge on any atom is 0.399 e. The molecule has 2 aromatic carbocycles. The number of benzene rings is 2. The minimum Gasteiger partial charge on any atom is -0.370 e. The average Bonchev–Trinajstić information content (AvgIpc) is 3.59. The van der Waals surface area contributed by atoms with Crippen LogP contribution in [0.3, 0.4) is 0 Å². The third-order valence-electron chi connectivity index (χ3n) is 13.4. The Hall–Kier alpha value is -6.49. The number of nitrogens with zero attached hydrogens (tertiary/aromatic N) is 2. The summed E-state index contributed by atoms with van der Waals surface area (Å²) in [7, 11) is -5.84. The van der Waals surface area contributed by atoms with Gasteiger partial charge in [0.1, 0.15) is 29.9 Å². The van der Waals surface area contributed by atoms with Gasteiger partial charge in [-0.05, 0) is 86.3 Å². The number of halogens is 2. The molecule has 4 aliphatic rings. The van der Waals surface area contributed by atoms with E-state index in [1.54, 1.807) is 12.1 Å². The molecule has 3 aromatic rings. The van der Waals surface area contributed by atoms with Crippen LogP contribution in [0.15, 0.2) is 42.5 Å². The number of unbranched alkanes of at least 4 members (excludes halogenated alkanes) is 5. The van der Waals surface area contributed by atoms with Gasteiger partial charge in [-0.2, -0.15) is 8.78 Å².